The molecule has 2 aromatic carbocycles. The van der Waals surface area contributed by atoms with Gasteiger partial charge in [-0.25, -0.2) is 4.98 Å². The summed E-state index contributed by atoms with van der Waals surface area (Å²) in [6, 6.07) is 15.4. The SMILES string of the molecule is Cc1cccc2c(N(CCO)CCO)cc(N3CCS(O)(O)c4ccccc4C3)nc12. The van der Waals surface area contributed by atoms with Crippen LogP contribution >= 0.6 is 10.6 Å². The number of pyridine rings is 1. The van der Waals surface area contributed by atoms with Gasteiger partial charge in [0.2, 0.25) is 0 Å². The maximum atomic E-state index is 10.7. The van der Waals surface area contributed by atoms with Crippen molar-refractivity contribution < 1.29 is 19.3 Å². The first-order valence-electron chi connectivity index (χ1n) is 10.4. The average Bonchev–Trinajstić information content (AvgIpc) is 2.89. The van der Waals surface area contributed by atoms with Crippen LogP contribution < -0.4 is 9.80 Å². The van der Waals surface area contributed by atoms with Crippen molar-refractivity contribution in [1.82, 2.24) is 4.98 Å². The molecule has 166 valence electrons. The number of rotatable bonds is 6. The van der Waals surface area contributed by atoms with Gasteiger partial charge in [0, 0.05) is 43.3 Å². The Morgan fingerprint density at radius 2 is 1.77 bits per heavy atom. The van der Waals surface area contributed by atoms with Crippen LogP contribution in [0, 0.1) is 6.92 Å². The lowest BCUT2D eigenvalue weighted by Crippen LogP contribution is -2.31. The quantitative estimate of drug-likeness (QED) is 0.463. The molecule has 0 spiro atoms. The molecule has 0 amide bonds. The maximum Gasteiger partial charge on any atom is 0.131 e. The van der Waals surface area contributed by atoms with Gasteiger partial charge in [-0.3, -0.25) is 9.11 Å². The second kappa shape index (κ2) is 9.02. The first-order valence-corrected chi connectivity index (χ1v) is 12.1. The van der Waals surface area contributed by atoms with Crippen molar-refractivity contribution in [1.29, 1.82) is 0 Å². The number of hydrogen-bond donors (Lipinski definition) is 4. The van der Waals surface area contributed by atoms with Crippen molar-refractivity contribution in [2.45, 2.75) is 18.4 Å². The van der Waals surface area contributed by atoms with Crippen LogP contribution in [0.2, 0.25) is 0 Å². The summed E-state index contributed by atoms with van der Waals surface area (Å²) in [6.45, 7) is 3.75. The minimum atomic E-state index is -2.86. The lowest BCUT2D eigenvalue weighted by Gasteiger charge is -2.32. The standard InChI is InChI=1S/C23H29N3O4S/c1-17-5-4-7-19-20(25(9-12-27)10-13-28)15-22(24-23(17)19)26-11-14-31(29,30)21-8-3-2-6-18(21)16-26/h2-8,15,27-30H,9-14,16H2,1H3. The van der Waals surface area contributed by atoms with Gasteiger partial charge in [-0.1, -0.05) is 36.4 Å². The highest BCUT2D eigenvalue weighted by atomic mass is 32.3. The van der Waals surface area contributed by atoms with Crippen molar-refractivity contribution in [3.8, 4) is 0 Å². The van der Waals surface area contributed by atoms with Gasteiger partial charge < -0.3 is 20.0 Å². The van der Waals surface area contributed by atoms with Crippen LogP contribution in [0.3, 0.4) is 0 Å². The molecule has 31 heavy (non-hydrogen) atoms. The summed E-state index contributed by atoms with van der Waals surface area (Å²) >= 11 is 0. The number of fused-ring (bicyclic) bond motifs is 2. The molecule has 0 saturated carbocycles. The van der Waals surface area contributed by atoms with E-state index in [0.717, 1.165) is 33.5 Å². The van der Waals surface area contributed by atoms with E-state index in [1.165, 1.54) is 0 Å². The summed E-state index contributed by atoms with van der Waals surface area (Å²) in [5.41, 5.74) is 3.68. The second-order valence-electron chi connectivity index (χ2n) is 7.81. The zero-order chi connectivity index (χ0) is 22.0. The summed E-state index contributed by atoms with van der Waals surface area (Å²) < 4.78 is 21.4. The molecule has 1 aliphatic heterocycles. The van der Waals surface area contributed by atoms with Crippen molar-refractivity contribution in [3.63, 3.8) is 0 Å². The van der Waals surface area contributed by atoms with Crippen LogP contribution in [0.1, 0.15) is 11.1 Å². The third kappa shape index (κ3) is 4.35. The largest absolute Gasteiger partial charge is 0.395 e. The average molecular weight is 444 g/mol. The third-order valence-corrected chi connectivity index (χ3v) is 7.60. The molecule has 1 aliphatic rings. The summed E-state index contributed by atoms with van der Waals surface area (Å²) in [5, 5.41) is 20.1. The zero-order valence-electron chi connectivity index (χ0n) is 17.6. The Balaban J connectivity index is 1.84. The van der Waals surface area contributed by atoms with E-state index in [2.05, 4.69) is 4.90 Å². The first kappa shape index (κ1) is 21.9. The Morgan fingerprint density at radius 3 is 2.52 bits per heavy atom. The van der Waals surface area contributed by atoms with E-state index in [1.807, 2.05) is 54.3 Å². The summed E-state index contributed by atoms with van der Waals surface area (Å²) in [5.74, 6) is 0.980. The topological polar surface area (TPSA) is 100 Å². The fourth-order valence-corrected chi connectivity index (χ4v) is 5.70. The number of benzene rings is 2. The Kier molecular flexibility index (Phi) is 6.36. The molecule has 0 atom stereocenters. The van der Waals surface area contributed by atoms with Crippen LogP contribution in [-0.2, 0) is 6.54 Å². The highest BCUT2D eigenvalue weighted by Gasteiger charge is 2.27. The van der Waals surface area contributed by atoms with Gasteiger partial charge in [-0.2, -0.15) is 10.6 Å². The van der Waals surface area contributed by atoms with Gasteiger partial charge >= 0.3 is 0 Å². The molecule has 0 saturated heterocycles. The molecular formula is C23H29N3O4S. The smallest absolute Gasteiger partial charge is 0.131 e. The molecule has 4 rings (SSSR count). The molecular weight excluding hydrogens is 414 g/mol. The van der Waals surface area contributed by atoms with Gasteiger partial charge in [0.05, 0.1) is 29.4 Å². The van der Waals surface area contributed by atoms with Gasteiger partial charge in [-0.05, 0) is 24.1 Å². The van der Waals surface area contributed by atoms with E-state index in [9.17, 15) is 19.3 Å². The molecule has 0 unspecified atom stereocenters. The monoisotopic (exact) mass is 443 g/mol. The van der Waals surface area contributed by atoms with Crippen molar-refractivity contribution in [2.75, 3.05) is 48.4 Å². The van der Waals surface area contributed by atoms with Crippen LogP contribution in [0.25, 0.3) is 10.9 Å². The first-order chi connectivity index (χ1) is 14.9. The number of aryl methyl sites for hydroxylation is 1. The highest BCUT2D eigenvalue weighted by molar-refractivity contribution is 8.24. The lowest BCUT2D eigenvalue weighted by molar-refractivity contribution is 0.281. The minimum absolute atomic E-state index is 0.0248. The fraction of sp³-hybridized carbons (Fsp3) is 0.348. The second-order valence-corrected chi connectivity index (χ2v) is 9.99. The van der Waals surface area contributed by atoms with Gasteiger partial charge in [-0.15, -0.1) is 0 Å². The lowest BCUT2D eigenvalue weighted by atomic mass is 10.1. The predicted molar refractivity (Wildman–Crippen MR) is 126 cm³/mol. The van der Waals surface area contributed by atoms with E-state index in [0.29, 0.717) is 31.1 Å². The van der Waals surface area contributed by atoms with Crippen LogP contribution in [0.5, 0.6) is 0 Å². The number of anilines is 2. The molecule has 0 aliphatic carbocycles. The summed E-state index contributed by atoms with van der Waals surface area (Å²) in [6.07, 6.45) is 0. The maximum absolute atomic E-state index is 10.7. The molecule has 4 N–H and O–H groups in total. The van der Waals surface area contributed by atoms with Gasteiger partial charge in [0.25, 0.3) is 0 Å². The Hall–Kier alpha value is -2.36. The number of nitrogens with zero attached hydrogens (tertiary/aromatic N) is 3. The number of aromatic nitrogens is 1. The molecule has 2 heterocycles. The number of hydrogen-bond acceptors (Lipinski definition) is 7. The molecule has 3 aromatic rings. The van der Waals surface area contributed by atoms with E-state index in [4.69, 9.17) is 4.98 Å². The predicted octanol–water partition coefficient (Wildman–Crippen LogP) is 3.46. The molecule has 7 nitrogen and oxygen atoms in total. The third-order valence-electron chi connectivity index (χ3n) is 5.74. The van der Waals surface area contributed by atoms with Crippen LogP contribution in [-0.4, -0.2) is 62.9 Å². The molecule has 1 aromatic heterocycles. The van der Waals surface area contributed by atoms with E-state index < -0.39 is 10.6 Å². The number of aliphatic hydroxyl groups is 2. The van der Waals surface area contributed by atoms with Crippen molar-refractivity contribution >= 4 is 33.0 Å². The van der Waals surface area contributed by atoms with E-state index in [1.54, 1.807) is 6.07 Å². The van der Waals surface area contributed by atoms with Crippen molar-refractivity contribution in [2.24, 2.45) is 0 Å². The van der Waals surface area contributed by atoms with E-state index >= 15 is 0 Å². The Labute approximate surface area is 183 Å². The fourth-order valence-electron chi connectivity index (χ4n) is 4.16. The van der Waals surface area contributed by atoms with Crippen LogP contribution in [0.4, 0.5) is 11.5 Å². The normalized spacial score (nSPS) is 16.6. The van der Waals surface area contributed by atoms with Gasteiger partial charge in [0.15, 0.2) is 0 Å². The van der Waals surface area contributed by atoms with Gasteiger partial charge in [0.1, 0.15) is 5.82 Å². The molecule has 0 radical (unpaired) electrons. The number of para-hydroxylation sites is 1. The summed E-state index contributed by atoms with van der Waals surface area (Å²) in [4.78, 5) is 9.59. The number of aliphatic hydroxyl groups excluding tert-OH is 2. The highest BCUT2D eigenvalue weighted by Crippen LogP contribution is 2.51. The van der Waals surface area contributed by atoms with E-state index in [-0.39, 0.29) is 19.0 Å². The minimum Gasteiger partial charge on any atom is -0.395 e. The molecule has 8 heteroatoms. The molecule has 0 bridgehead atoms. The summed E-state index contributed by atoms with van der Waals surface area (Å²) in [7, 11) is -2.86. The van der Waals surface area contributed by atoms with Crippen LogP contribution in [0.15, 0.2) is 53.4 Å². The zero-order valence-corrected chi connectivity index (χ0v) is 18.4. The Morgan fingerprint density at radius 1 is 1.03 bits per heavy atom. The van der Waals surface area contributed by atoms with Crippen molar-refractivity contribution in [3.05, 3.63) is 59.7 Å². The Bertz CT molecular complexity index is 1070. The molecule has 0 fully saturated rings.